The van der Waals surface area contributed by atoms with E-state index in [2.05, 4.69) is 22.5 Å². The van der Waals surface area contributed by atoms with Gasteiger partial charge in [-0.3, -0.25) is 19.7 Å². The Morgan fingerprint density at radius 2 is 1.81 bits per heavy atom. The van der Waals surface area contributed by atoms with Crippen LogP contribution in [0, 0.1) is 22.0 Å². The standard InChI is InChI=1S/C21H21N3O7/c1-14(25)23-15-7-6-8-16(11-15)31-10-5-4-9-22-21(26)17-12-19(29-2)20(30-3)13-18(17)24(27)28/h6-8,11-13H,9-10H2,1-3H3,(H,22,26)(H,23,25). The molecule has 0 atom stereocenters. The first-order chi connectivity index (χ1) is 14.8. The fourth-order valence-corrected chi connectivity index (χ4v) is 2.52. The zero-order valence-corrected chi connectivity index (χ0v) is 17.2. The van der Waals surface area contributed by atoms with Crippen molar-refractivity contribution in [3.63, 3.8) is 0 Å². The van der Waals surface area contributed by atoms with E-state index in [1.165, 1.54) is 27.2 Å². The van der Waals surface area contributed by atoms with E-state index in [1.54, 1.807) is 24.3 Å². The molecule has 31 heavy (non-hydrogen) atoms. The minimum Gasteiger partial charge on any atom is -0.493 e. The third-order valence-corrected chi connectivity index (χ3v) is 3.87. The molecule has 10 heteroatoms. The lowest BCUT2D eigenvalue weighted by atomic mass is 10.1. The van der Waals surface area contributed by atoms with Crippen LogP contribution in [-0.4, -0.2) is 44.1 Å². The molecule has 162 valence electrons. The first kappa shape index (κ1) is 23.0. The summed E-state index contributed by atoms with van der Waals surface area (Å²) >= 11 is 0. The van der Waals surface area contributed by atoms with Gasteiger partial charge < -0.3 is 24.8 Å². The second-order valence-electron chi connectivity index (χ2n) is 6.02. The minimum atomic E-state index is -0.675. The Morgan fingerprint density at radius 1 is 1.10 bits per heavy atom. The van der Waals surface area contributed by atoms with E-state index in [9.17, 15) is 19.7 Å². The highest BCUT2D eigenvalue weighted by molar-refractivity contribution is 5.99. The summed E-state index contributed by atoms with van der Waals surface area (Å²) in [5.41, 5.74) is 0.0164. The lowest BCUT2D eigenvalue weighted by Gasteiger charge is -2.10. The van der Waals surface area contributed by atoms with Gasteiger partial charge in [-0.25, -0.2) is 0 Å². The fourth-order valence-electron chi connectivity index (χ4n) is 2.52. The number of nitro benzene ring substituents is 1. The molecule has 0 saturated carbocycles. The minimum absolute atomic E-state index is 0.0420. The number of anilines is 1. The van der Waals surface area contributed by atoms with Gasteiger partial charge >= 0.3 is 0 Å². The van der Waals surface area contributed by atoms with E-state index >= 15 is 0 Å². The van der Waals surface area contributed by atoms with Gasteiger partial charge in [-0.05, 0) is 12.1 Å². The maximum Gasteiger partial charge on any atom is 0.286 e. The van der Waals surface area contributed by atoms with Crippen LogP contribution in [0.4, 0.5) is 11.4 Å². The van der Waals surface area contributed by atoms with Crippen LogP contribution in [0.25, 0.3) is 0 Å². The van der Waals surface area contributed by atoms with Crippen molar-refractivity contribution in [2.45, 2.75) is 6.92 Å². The Morgan fingerprint density at radius 3 is 2.45 bits per heavy atom. The predicted molar refractivity (Wildman–Crippen MR) is 113 cm³/mol. The zero-order valence-electron chi connectivity index (χ0n) is 17.2. The highest BCUT2D eigenvalue weighted by Crippen LogP contribution is 2.34. The van der Waals surface area contributed by atoms with Crippen LogP contribution in [0.1, 0.15) is 17.3 Å². The molecule has 0 aromatic heterocycles. The number of nitrogens with one attached hydrogen (secondary N) is 2. The molecule has 10 nitrogen and oxygen atoms in total. The number of hydrogen-bond acceptors (Lipinski definition) is 7. The fraction of sp³-hybridized carbons (Fsp3) is 0.238. The van der Waals surface area contributed by atoms with Crippen molar-refractivity contribution in [1.82, 2.24) is 5.32 Å². The van der Waals surface area contributed by atoms with Crippen LogP contribution >= 0.6 is 0 Å². The molecule has 2 N–H and O–H groups in total. The van der Waals surface area contributed by atoms with E-state index in [4.69, 9.17) is 14.2 Å². The molecule has 0 aliphatic rings. The van der Waals surface area contributed by atoms with Crippen molar-refractivity contribution in [3.8, 4) is 29.1 Å². The molecule has 0 fully saturated rings. The topological polar surface area (TPSA) is 129 Å². The number of nitro groups is 1. The summed E-state index contributed by atoms with van der Waals surface area (Å²) in [6.07, 6.45) is 0. The Bertz CT molecular complexity index is 1040. The zero-order chi connectivity index (χ0) is 22.8. The van der Waals surface area contributed by atoms with Crippen LogP contribution in [0.2, 0.25) is 0 Å². The molecule has 0 aliphatic carbocycles. The molecular weight excluding hydrogens is 406 g/mol. The number of nitrogens with zero attached hydrogens (tertiary/aromatic N) is 1. The van der Waals surface area contributed by atoms with Crippen molar-refractivity contribution < 1.29 is 28.7 Å². The summed E-state index contributed by atoms with van der Waals surface area (Å²) in [6, 6.07) is 9.19. The Hall–Kier alpha value is -4.26. The van der Waals surface area contributed by atoms with Crippen LogP contribution in [0.15, 0.2) is 36.4 Å². The number of rotatable bonds is 8. The molecule has 0 radical (unpaired) electrons. The van der Waals surface area contributed by atoms with Crippen LogP contribution in [-0.2, 0) is 4.79 Å². The number of carbonyl (C=O) groups excluding carboxylic acids is 2. The molecule has 0 saturated heterocycles. The smallest absolute Gasteiger partial charge is 0.286 e. The maximum absolute atomic E-state index is 12.4. The van der Waals surface area contributed by atoms with Crippen LogP contribution in [0.3, 0.4) is 0 Å². The molecule has 0 unspecified atom stereocenters. The third kappa shape index (κ3) is 6.64. The summed E-state index contributed by atoms with van der Waals surface area (Å²) in [4.78, 5) is 34.1. The first-order valence-electron chi connectivity index (χ1n) is 9.00. The number of benzene rings is 2. The van der Waals surface area contributed by atoms with Crippen molar-refractivity contribution >= 4 is 23.2 Å². The largest absolute Gasteiger partial charge is 0.493 e. The lowest BCUT2D eigenvalue weighted by Crippen LogP contribution is -2.24. The van der Waals surface area contributed by atoms with Crippen molar-refractivity contribution in [1.29, 1.82) is 0 Å². The number of hydrogen-bond donors (Lipinski definition) is 2. The number of methoxy groups -OCH3 is 2. The van der Waals surface area contributed by atoms with Gasteiger partial charge in [0.2, 0.25) is 5.91 Å². The lowest BCUT2D eigenvalue weighted by molar-refractivity contribution is -0.385. The normalized spacial score (nSPS) is 9.65. The average molecular weight is 427 g/mol. The molecule has 2 amide bonds. The number of amides is 2. The Labute approximate surface area is 178 Å². The highest BCUT2D eigenvalue weighted by atomic mass is 16.6. The molecule has 0 spiro atoms. The van der Waals surface area contributed by atoms with Gasteiger partial charge in [-0.15, -0.1) is 0 Å². The molecule has 2 aromatic carbocycles. The van der Waals surface area contributed by atoms with Gasteiger partial charge in [0.05, 0.1) is 31.8 Å². The molecule has 0 aliphatic heterocycles. The Balaban J connectivity index is 1.95. The monoisotopic (exact) mass is 427 g/mol. The second-order valence-corrected chi connectivity index (χ2v) is 6.02. The van der Waals surface area contributed by atoms with Crippen molar-refractivity contribution in [3.05, 3.63) is 52.1 Å². The summed E-state index contributed by atoms with van der Waals surface area (Å²) < 4.78 is 15.6. The van der Waals surface area contributed by atoms with E-state index in [-0.39, 0.29) is 36.1 Å². The van der Waals surface area contributed by atoms with Crippen LogP contribution in [0.5, 0.6) is 17.2 Å². The first-order valence-corrected chi connectivity index (χ1v) is 9.00. The van der Waals surface area contributed by atoms with Gasteiger partial charge in [0.25, 0.3) is 11.6 Å². The van der Waals surface area contributed by atoms with Gasteiger partial charge in [-0.1, -0.05) is 17.9 Å². The number of ether oxygens (including phenoxy) is 3. The summed E-state index contributed by atoms with van der Waals surface area (Å²) in [6.45, 7) is 1.42. The van der Waals surface area contributed by atoms with E-state index in [0.29, 0.717) is 11.4 Å². The average Bonchev–Trinajstić information content (AvgIpc) is 2.74. The maximum atomic E-state index is 12.4. The van der Waals surface area contributed by atoms with Crippen molar-refractivity contribution in [2.75, 3.05) is 32.7 Å². The second kappa shape index (κ2) is 11.1. The van der Waals surface area contributed by atoms with Gasteiger partial charge in [0, 0.05) is 24.7 Å². The van der Waals surface area contributed by atoms with E-state index in [1.807, 2.05) is 0 Å². The van der Waals surface area contributed by atoms with E-state index in [0.717, 1.165) is 6.07 Å². The highest BCUT2D eigenvalue weighted by Gasteiger charge is 2.24. The van der Waals surface area contributed by atoms with Gasteiger partial charge in [-0.2, -0.15) is 0 Å². The molecule has 2 rings (SSSR count). The summed E-state index contributed by atoms with van der Waals surface area (Å²) in [5, 5.41) is 16.4. The Kier molecular flexibility index (Phi) is 8.22. The van der Waals surface area contributed by atoms with Gasteiger partial charge in [0.15, 0.2) is 11.5 Å². The van der Waals surface area contributed by atoms with Crippen molar-refractivity contribution in [2.24, 2.45) is 0 Å². The predicted octanol–water partition coefficient (Wildman–Crippen LogP) is 2.38. The summed E-state index contributed by atoms with van der Waals surface area (Å²) in [5.74, 6) is 5.42. The summed E-state index contributed by atoms with van der Waals surface area (Å²) in [7, 11) is 2.71. The quantitative estimate of drug-likeness (QED) is 0.376. The number of carbonyl (C=O) groups is 2. The SMILES string of the molecule is COc1cc(C(=O)NCC#CCOc2cccc(NC(C)=O)c2)c([N+](=O)[O-])cc1OC. The van der Waals surface area contributed by atoms with Gasteiger partial charge in [0.1, 0.15) is 17.9 Å². The third-order valence-electron chi connectivity index (χ3n) is 3.87. The molecule has 2 aromatic rings. The van der Waals surface area contributed by atoms with E-state index < -0.39 is 16.5 Å². The van der Waals surface area contributed by atoms with Crippen LogP contribution < -0.4 is 24.8 Å². The molecule has 0 heterocycles. The molecular formula is C21H21N3O7. The molecule has 0 bridgehead atoms.